The Morgan fingerprint density at radius 1 is 1.26 bits per heavy atom. The Morgan fingerprint density at radius 2 is 2.06 bits per heavy atom. The van der Waals surface area contributed by atoms with Gasteiger partial charge in [0.25, 0.3) is 15.9 Å². The predicted octanol–water partition coefficient (Wildman–Crippen LogP) is 2.18. The molecular formula is C22H25N3O5S. The Kier molecular flexibility index (Phi) is 5.86. The number of sulfonamides is 1. The smallest absolute Gasteiger partial charge is 0.259 e. The third-order valence-corrected chi connectivity index (χ3v) is 6.69. The average molecular weight is 444 g/mol. The van der Waals surface area contributed by atoms with Gasteiger partial charge in [0, 0.05) is 24.6 Å². The maximum Gasteiger partial charge on any atom is 0.259 e. The fourth-order valence-corrected chi connectivity index (χ4v) is 5.15. The number of ether oxygens (including phenoxy) is 2. The standard InChI is InChI=1S/C22H25N3O5S/c1-29-18-8-2-6-16(11-18)22(26)25-10-4-5-15(12-25)13-30-19-9-3-7-17-14-31(27,28)24-21(23)20(17)19/h2-3,6-9,11,15H,4-5,10,12-14H2,1H3,(H2,23,24)/t15-/m0/s1. The van der Waals surface area contributed by atoms with Gasteiger partial charge in [-0.25, -0.2) is 8.42 Å². The molecule has 1 fully saturated rings. The van der Waals surface area contributed by atoms with E-state index in [9.17, 15) is 13.2 Å². The maximum atomic E-state index is 12.9. The Morgan fingerprint density at radius 3 is 2.87 bits per heavy atom. The zero-order chi connectivity index (χ0) is 22.0. The molecule has 2 N–H and O–H groups in total. The molecule has 2 aliphatic rings. The fraction of sp³-hybridized carbons (Fsp3) is 0.364. The third kappa shape index (κ3) is 4.66. The summed E-state index contributed by atoms with van der Waals surface area (Å²) in [4.78, 5) is 14.8. The quantitative estimate of drug-likeness (QED) is 0.758. The van der Waals surface area contributed by atoms with Crippen LogP contribution >= 0.6 is 0 Å². The molecule has 0 bridgehead atoms. The van der Waals surface area contributed by atoms with E-state index >= 15 is 0 Å². The number of benzene rings is 2. The molecule has 2 aliphatic heterocycles. The van der Waals surface area contributed by atoms with Gasteiger partial charge in [-0.1, -0.05) is 18.2 Å². The van der Waals surface area contributed by atoms with Crippen molar-refractivity contribution >= 4 is 21.8 Å². The van der Waals surface area contributed by atoms with Crippen molar-refractivity contribution in [2.24, 2.45) is 16.0 Å². The number of amidine groups is 1. The topological polar surface area (TPSA) is 111 Å². The van der Waals surface area contributed by atoms with E-state index in [0.717, 1.165) is 12.8 Å². The van der Waals surface area contributed by atoms with Crippen LogP contribution < -0.4 is 15.2 Å². The number of hydrogen-bond acceptors (Lipinski definition) is 6. The van der Waals surface area contributed by atoms with Crippen LogP contribution in [0.25, 0.3) is 0 Å². The second-order valence-corrected chi connectivity index (χ2v) is 9.43. The number of piperidine rings is 1. The number of fused-ring (bicyclic) bond motifs is 1. The number of nitrogens with zero attached hydrogens (tertiary/aromatic N) is 2. The Labute approximate surface area is 181 Å². The predicted molar refractivity (Wildman–Crippen MR) is 117 cm³/mol. The van der Waals surface area contributed by atoms with Crippen LogP contribution in [0.3, 0.4) is 0 Å². The van der Waals surface area contributed by atoms with Gasteiger partial charge < -0.3 is 20.1 Å². The summed E-state index contributed by atoms with van der Waals surface area (Å²) in [6.07, 6.45) is 1.83. The second-order valence-electron chi connectivity index (χ2n) is 7.80. The molecule has 2 heterocycles. The minimum atomic E-state index is -3.59. The second kappa shape index (κ2) is 8.58. The van der Waals surface area contributed by atoms with Gasteiger partial charge in [-0.15, -0.1) is 4.40 Å². The molecule has 0 saturated carbocycles. The average Bonchev–Trinajstić information content (AvgIpc) is 2.76. The van der Waals surface area contributed by atoms with E-state index in [1.807, 2.05) is 11.0 Å². The van der Waals surface area contributed by atoms with Gasteiger partial charge in [0.1, 0.15) is 17.3 Å². The molecule has 0 unspecified atom stereocenters. The van der Waals surface area contributed by atoms with Crippen LogP contribution in [0.2, 0.25) is 0 Å². The van der Waals surface area contributed by atoms with E-state index in [-0.39, 0.29) is 23.4 Å². The minimum Gasteiger partial charge on any atom is -0.497 e. The van der Waals surface area contributed by atoms with Crippen LogP contribution in [0.5, 0.6) is 11.5 Å². The monoisotopic (exact) mass is 443 g/mol. The van der Waals surface area contributed by atoms with Crippen molar-refractivity contribution in [2.75, 3.05) is 26.8 Å². The molecule has 0 aliphatic carbocycles. The number of nitrogens with two attached hydrogens (primary N) is 1. The molecule has 8 nitrogen and oxygen atoms in total. The molecule has 2 aromatic carbocycles. The highest BCUT2D eigenvalue weighted by molar-refractivity contribution is 7.89. The van der Waals surface area contributed by atoms with Gasteiger partial charge in [-0.3, -0.25) is 4.79 Å². The summed E-state index contributed by atoms with van der Waals surface area (Å²) in [5, 5.41) is 0. The highest BCUT2D eigenvalue weighted by Crippen LogP contribution is 2.29. The van der Waals surface area contributed by atoms with Crippen molar-refractivity contribution in [3.05, 3.63) is 59.2 Å². The van der Waals surface area contributed by atoms with E-state index in [1.165, 1.54) is 0 Å². The number of methoxy groups -OCH3 is 1. The minimum absolute atomic E-state index is 0.0257. The van der Waals surface area contributed by atoms with Gasteiger partial charge in [-0.05, 0) is 42.7 Å². The summed E-state index contributed by atoms with van der Waals surface area (Å²) in [7, 11) is -2.02. The van der Waals surface area contributed by atoms with Crippen molar-refractivity contribution in [1.29, 1.82) is 0 Å². The lowest BCUT2D eigenvalue weighted by Crippen LogP contribution is -2.41. The van der Waals surface area contributed by atoms with Crippen LogP contribution in [0.4, 0.5) is 0 Å². The molecule has 0 aromatic heterocycles. The molecule has 9 heteroatoms. The van der Waals surface area contributed by atoms with Crippen molar-refractivity contribution in [3.8, 4) is 11.5 Å². The van der Waals surface area contributed by atoms with Crippen LogP contribution in [0, 0.1) is 5.92 Å². The normalized spacial score (nSPS) is 19.8. The van der Waals surface area contributed by atoms with E-state index in [2.05, 4.69) is 4.40 Å². The van der Waals surface area contributed by atoms with Crippen molar-refractivity contribution < 1.29 is 22.7 Å². The zero-order valence-corrected chi connectivity index (χ0v) is 18.1. The van der Waals surface area contributed by atoms with Gasteiger partial charge in [0.15, 0.2) is 0 Å². The van der Waals surface area contributed by atoms with Crippen LogP contribution in [-0.2, 0) is 15.8 Å². The first-order valence-corrected chi connectivity index (χ1v) is 11.7. The Hall–Kier alpha value is -3.07. The molecule has 2 aromatic rings. The number of likely N-dealkylation sites (tertiary alicyclic amines) is 1. The SMILES string of the molecule is COc1cccc(C(=O)N2CCC[C@H](COc3cccc4c3C(N)=NS(=O)(=O)C4)C2)c1. The van der Waals surface area contributed by atoms with Gasteiger partial charge in [-0.2, -0.15) is 0 Å². The molecule has 164 valence electrons. The number of hydrogen-bond donors (Lipinski definition) is 1. The summed E-state index contributed by atoms with van der Waals surface area (Å²) in [6, 6.07) is 12.4. The molecule has 0 spiro atoms. The first kappa shape index (κ1) is 21.2. The maximum absolute atomic E-state index is 12.9. The number of carbonyl (C=O) groups is 1. The molecule has 1 atom stereocenters. The summed E-state index contributed by atoms with van der Waals surface area (Å²) in [6.45, 7) is 1.69. The van der Waals surface area contributed by atoms with E-state index in [0.29, 0.717) is 47.9 Å². The van der Waals surface area contributed by atoms with Crippen LogP contribution in [-0.4, -0.2) is 51.9 Å². The van der Waals surface area contributed by atoms with Crippen molar-refractivity contribution in [1.82, 2.24) is 4.90 Å². The molecular weight excluding hydrogens is 418 g/mol. The van der Waals surface area contributed by atoms with E-state index in [4.69, 9.17) is 15.2 Å². The Bertz CT molecular complexity index is 1130. The van der Waals surface area contributed by atoms with Crippen LogP contribution in [0.1, 0.15) is 34.3 Å². The summed E-state index contributed by atoms with van der Waals surface area (Å²) in [5.74, 6) is 1.07. The molecule has 31 heavy (non-hydrogen) atoms. The Balaban J connectivity index is 1.44. The summed E-state index contributed by atoms with van der Waals surface area (Å²) >= 11 is 0. The van der Waals surface area contributed by atoms with Crippen molar-refractivity contribution in [2.45, 2.75) is 18.6 Å². The van der Waals surface area contributed by atoms with Crippen molar-refractivity contribution in [3.63, 3.8) is 0 Å². The van der Waals surface area contributed by atoms with Gasteiger partial charge in [0.05, 0.1) is 25.0 Å². The third-order valence-electron chi connectivity index (χ3n) is 5.54. The van der Waals surface area contributed by atoms with E-state index in [1.54, 1.807) is 43.5 Å². The fourth-order valence-electron chi connectivity index (χ4n) is 4.06. The lowest BCUT2D eigenvalue weighted by atomic mass is 9.98. The van der Waals surface area contributed by atoms with Gasteiger partial charge >= 0.3 is 0 Å². The molecule has 4 rings (SSSR count). The highest BCUT2D eigenvalue weighted by atomic mass is 32.2. The summed E-state index contributed by atoms with van der Waals surface area (Å²) in [5.41, 5.74) is 7.64. The lowest BCUT2D eigenvalue weighted by Gasteiger charge is -2.33. The zero-order valence-electron chi connectivity index (χ0n) is 17.3. The summed E-state index contributed by atoms with van der Waals surface area (Å²) < 4.78 is 38.6. The first-order chi connectivity index (χ1) is 14.9. The largest absolute Gasteiger partial charge is 0.497 e. The highest BCUT2D eigenvalue weighted by Gasteiger charge is 2.28. The molecule has 1 amide bonds. The number of carbonyl (C=O) groups excluding carboxylic acids is 1. The number of rotatable bonds is 5. The molecule has 1 saturated heterocycles. The lowest BCUT2D eigenvalue weighted by molar-refractivity contribution is 0.0633. The molecule has 0 radical (unpaired) electrons. The van der Waals surface area contributed by atoms with Gasteiger partial charge in [0.2, 0.25) is 0 Å². The number of amides is 1. The van der Waals surface area contributed by atoms with Crippen LogP contribution in [0.15, 0.2) is 46.9 Å². The van der Waals surface area contributed by atoms with E-state index < -0.39 is 10.0 Å². The first-order valence-electron chi connectivity index (χ1n) is 10.1.